The highest BCUT2D eigenvalue weighted by Gasteiger charge is 2.39. The molecule has 0 aromatic carbocycles. The van der Waals surface area contributed by atoms with Gasteiger partial charge in [0, 0.05) is 169 Å². The van der Waals surface area contributed by atoms with Crippen LogP contribution >= 0.6 is 90.7 Å². The molecule has 2 amide bonds. The summed E-state index contributed by atoms with van der Waals surface area (Å²) < 4.78 is 15.9. The van der Waals surface area contributed by atoms with Gasteiger partial charge in [-0.2, -0.15) is 0 Å². The van der Waals surface area contributed by atoms with Gasteiger partial charge in [0.05, 0.1) is 56.2 Å². The molecule has 8 atom stereocenters. The lowest BCUT2D eigenvalue weighted by Crippen LogP contribution is -2.44. The molecule has 20 nitrogen and oxygen atoms in total. The predicted octanol–water partition coefficient (Wildman–Crippen LogP) is 26.8. The number of amides is 2. The van der Waals surface area contributed by atoms with Gasteiger partial charge < -0.3 is 29.9 Å². The summed E-state index contributed by atoms with van der Waals surface area (Å²) in [6.07, 6.45) is 34.8. The van der Waals surface area contributed by atoms with Crippen LogP contribution in [0.3, 0.4) is 0 Å². The Balaban J connectivity index is 0.000000148. The molecule has 0 unspecified atom stereocenters. The molecule has 696 valence electrons. The Kier molecular flexibility index (Phi) is 34.8. The summed E-state index contributed by atoms with van der Waals surface area (Å²) in [5.41, 5.74) is 12.5. The summed E-state index contributed by atoms with van der Waals surface area (Å²) in [7, 11) is 0. The van der Waals surface area contributed by atoms with Gasteiger partial charge in [-0.15, -0.1) is 90.7 Å². The maximum absolute atomic E-state index is 13.1. The molecule has 0 saturated heterocycles. The number of carbonyl (C=O) groups is 6. The second-order valence-electron chi connectivity index (χ2n) is 38.2. The van der Waals surface area contributed by atoms with Crippen LogP contribution in [-0.2, 0) is 93.1 Å². The molecular weight excluding hydrogens is 1780 g/mol. The zero-order chi connectivity index (χ0) is 92.8. The number of nitrogens with zero attached hydrogens (tertiary/aromatic N) is 10. The highest BCUT2D eigenvalue weighted by Crippen LogP contribution is 2.50. The summed E-state index contributed by atoms with van der Waals surface area (Å²) in [4.78, 5) is 127. The van der Waals surface area contributed by atoms with Crippen LogP contribution in [0, 0.1) is 23.7 Å². The topological polar surface area (TPSA) is 255 Å². The van der Waals surface area contributed by atoms with Crippen LogP contribution < -0.4 is 10.6 Å². The minimum Gasteiger partial charge on any atom is -0.444 e. The molecule has 2 N–H and O–H groups in total. The van der Waals surface area contributed by atoms with Crippen LogP contribution in [0.15, 0.2) is 73.8 Å². The fraction of sp³-hybridized carbons (Fsp3) is 0.549. The monoisotopic (exact) mass is 1910 g/mol. The van der Waals surface area contributed by atoms with Crippen LogP contribution in [0.4, 0.5) is 9.59 Å². The lowest BCUT2D eigenvalue weighted by molar-refractivity contribution is -0.119. The van der Waals surface area contributed by atoms with E-state index in [2.05, 4.69) is 114 Å². The first-order valence-electron chi connectivity index (χ1n) is 47.2. The van der Waals surface area contributed by atoms with Crippen LogP contribution in [0.2, 0.25) is 0 Å². The standard InChI is InChI=1S/2C28H37N3O3S2.2C23H29N3OS2/c1-7-17(2)9-8-10-19(32)15-23-24(26-30-21-16-29-13-11-22(21)36-26)20-12-14-31(18(3)25(20)35-23)27(33)34-28(4,5)6;1-7-17(2)9-8-10-19(32)14-23-25(26-30-21-15-29-12-11-22(21)36-26)20-13-18(3)31(16-24(20)35-23)27(33)34-28(4,5)6;1-4-14(2)6-5-7-16(27)12-20-21(17-8-11-25-15(3)22(17)28-20)23-26-18-13-24-10-9-19(18)29-23;1-4-14(2)6-5-7-16(27)11-20-22(17-10-15(3)25-13-21(17)28-20)23-26-18-12-24-9-8-19(18)29-23/h11,13,16-18H,7-10,12,14-15H2,1-6H3;11-12,15,17-18H,7-10,13-14,16H2,1-6H3;9-10,13-15,25H,4-8,11-12H2,1-3H3;8-9,12,14-15,25H,4-7,10-11,13H2,1-3H3/t2*17-,18+;2*14-,15+/m0000/s1. The van der Waals surface area contributed by atoms with Crippen molar-refractivity contribution >= 4 is 167 Å². The number of pyridine rings is 4. The number of nitrogens with one attached hydrogen (secondary N) is 2. The molecule has 0 bridgehead atoms. The number of hydrogen-bond acceptors (Lipinski definition) is 26. The van der Waals surface area contributed by atoms with Crippen molar-refractivity contribution in [1.82, 2.24) is 60.3 Å². The molecule has 12 aromatic rings. The van der Waals surface area contributed by atoms with E-state index in [0.29, 0.717) is 112 Å². The van der Waals surface area contributed by atoms with E-state index in [0.717, 1.165) is 195 Å². The van der Waals surface area contributed by atoms with E-state index in [4.69, 9.17) is 29.4 Å². The number of hydrogen-bond donors (Lipinski definition) is 2. The average Bonchev–Trinajstić information content (AvgIpc) is 1.62. The van der Waals surface area contributed by atoms with Crippen LogP contribution in [0.1, 0.15) is 301 Å². The first-order chi connectivity index (χ1) is 62.2. The molecule has 12 aromatic heterocycles. The lowest BCUT2D eigenvalue weighted by atomic mass is 9.95. The molecule has 0 fully saturated rings. The van der Waals surface area contributed by atoms with Crippen molar-refractivity contribution < 1.29 is 38.2 Å². The molecular formula is C102H132N12O8S8. The summed E-state index contributed by atoms with van der Waals surface area (Å²) in [5.74, 6) is 3.98. The molecule has 4 aliphatic rings. The number of Topliss-reactive ketones (excluding diaryl/α,β-unsaturated/α-hetero) is 4. The van der Waals surface area contributed by atoms with Crippen molar-refractivity contribution in [3.8, 4) is 42.3 Å². The second kappa shape index (κ2) is 45.4. The first kappa shape index (κ1) is 99.6. The normalized spacial score (nSPS) is 17.0. The van der Waals surface area contributed by atoms with E-state index in [-0.39, 0.29) is 35.8 Å². The van der Waals surface area contributed by atoms with Crippen molar-refractivity contribution in [2.24, 2.45) is 23.7 Å². The largest absolute Gasteiger partial charge is 0.444 e. The Bertz CT molecular complexity index is 5750. The Morgan fingerprint density at radius 1 is 0.431 bits per heavy atom. The number of fused-ring (bicyclic) bond motifs is 8. The average molecular weight is 1910 g/mol. The van der Waals surface area contributed by atoms with Crippen molar-refractivity contribution in [1.29, 1.82) is 0 Å². The Morgan fingerprint density at radius 2 is 0.777 bits per heavy atom. The summed E-state index contributed by atoms with van der Waals surface area (Å²) in [6, 6.07) is 8.70. The molecule has 28 heteroatoms. The van der Waals surface area contributed by atoms with Gasteiger partial charge in [-0.25, -0.2) is 29.5 Å². The minimum absolute atomic E-state index is 0.00386. The second-order valence-corrected chi connectivity index (χ2v) is 47.0. The molecule has 0 spiro atoms. The maximum atomic E-state index is 13.1. The van der Waals surface area contributed by atoms with E-state index in [1.165, 1.54) is 65.7 Å². The number of ketones is 4. The van der Waals surface area contributed by atoms with Gasteiger partial charge in [0.1, 0.15) is 76.4 Å². The highest BCUT2D eigenvalue weighted by atomic mass is 32.1. The van der Waals surface area contributed by atoms with Crippen molar-refractivity contribution in [3.63, 3.8) is 0 Å². The Hall–Kier alpha value is -7.90. The number of rotatable bonds is 32. The van der Waals surface area contributed by atoms with E-state index < -0.39 is 11.2 Å². The summed E-state index contributed by atoms with van der Waals surface area (Å²) in [5, 5.41) is 11.1. The Morgan fingerprint density at radius 3 is 1.15 bits per heavy atom. The van der Waals surface area contributed by atoms with Gasteiger partial charge in [0.2, 0.25) is 0 Å². The molecule has 130 heavy (non-hydrogen) atoms. The number of thiophene rings is 4. The van der Waals surface area contributed by atoms with Crippen LogP contribution in [-0.4, -0.2) is 121 Å². The summed E-state index contributed by atoms with van der Waals surface area (Å²) >= 11 is 13.7. The fourth-order valence-electron chi connectivity index (χ4n) is 17.2. The quantitative estimate of drug-likeness (QED) is 0.0397. The minimum atomic E-state index is -0.542. The van der Waals surface area contributed by atoms with Crippen LogP contribution in [0.25, 0.3) is 83.2 Å². The van der Waals surface area contributed by atoms with Crippen molar-refractivity contribution in [3.05, 3.63) is 135 Å². The third kappa shape index (κ3) is 25.6. The van der Waals surface area contributed by atoms with Crippen LogP contribution in [0.5, 0.6) is 0 Å². The number of aromatic nitrogens is 8. The van der Waals surface area contributed by atoms with Crippen molar-refractivity contribution in [2.75, 3.05) is 13.1 Å². The zero-order valence-corrected chi connectivity index (χ0v) is 85.9. The van der Waals surface area contributed by atoms with E-state index >= 15 is 0 Å². The SMILES string of the molecule is CC[C@H](C)CCCC(=O)Cc1sc2c(c1-c1nc3cnccc3s1)CCN(C(=O)OC(C)(C)C)[C@@H]2C.CC[C@H](C)CCCC(=O)Cc1sc2c(c1-c1nc3cnccc3s1)CCN[C@@H]2C.CC[C@H](C)CCCC(=O)Cc1sc2c(c1-c1nc3cnccc3s1)C[C@@H](C)N(C(=O)OC(C)(C)C)C2.CC[C@H](C)CCCC(=O)Cc1sc2c(c1-c1nc3cnccc3s1)C[C@@H](C)NC2. The van der Waals surface area contributed by atoms with Gasteiger partial charge in [0.25, 0.3) is 0 Å². The number of thiazole rings is 4. The van der Waals surface area contributed by atoms with Gasteiger partial charge >= 0.3 is 12.2 Å². The molecule has 0 saturated carbocycles. The van der Waals surface area contributed by atoms with Crippen molar-refractivity contribution in [2.45, 2.75) is 327 Å². The molecule has 16 heterocycles. The molecule has 16 rings (SSSR count). The Labute approximate surface area is 800 Å². The zero-order valence-electron chi connectivity index (χ0n) is 79.4. The first-order valence-corrected chi connectivity index (χ1v) is 53.7. The van der Waals surface area contributed by atoms with E-state index in [1.807, 2.05) is 123 Å². The van der Waals surface area contributed by atoms with Gasteiger partial charge in [0.15, 0.2) is 0 Å². The van der Waals surface area contributed by atoms with Gasteiger partial charge in [-0.1, -0.05) is 107 Å². The third-order valence-corrected chi connectivity index (χ3v) is 34.9. The van der Waals surface area contributed by atoms with E-state index in [1.54, 1.807) is 92.8 Å². The smallest absolute Gasteiger partial charge is 0.410 e. The molecule has 0 aliphatic carbocycles. The van der Waals surface area contributed by atoms with Gasteiger partial charge in [-0.05, 0) is 197 Å². The fourth-order valence-corrected chi connectivity index (χ4v) is 27.1. The highest BCUT2D eigenvalue weighted by molar-refractivity contribution is 7.24. The lowest BCUT2D eigenvalue weighted by Gasteiger charge is -2.35. The molecule has 4 aliphatic heterocycles. The van der Waals surface area contributed by atoms with E-state index in [9.17, 15) is 28.8 Å². The predicted molar refractivity (Wildman–Crippen MR) is 541 cm³/mol. The van der Waals surface area contributed by atoms with Gasteiger partial charge in [-0.3, -0.25) is 39.1 Å². The summed E-state index contributed by atoms with van der Waals surface area (Å²) in [6.45, 7) is 40.7. The number of ether oxygens (including phenoxy) is 2. The third-order valence-electron chi connectivity index (χ3n) is 25.4. The maximum Gasteiger partial charge on any atom is 0.410 e. The number of carbonyl (C=O) groups excluding carboxylic acids is 6. The molecule has 0 radical (unpaired) electrons.